The van der Waals surface area contributed by atoms with Gasteiger partial charge in [-0.15, -0.1) is 0 Å². The van der Waals surface area contributed by atoms with Crippen LogP contribution in [0.1, 0.15) is 62.8 Å². The van der Waals surface area contributed by atoms with Crippen molar-refractivity contribution in [2.75, 3.05) is 13.1 Å². The highest BCUT2D eigenvalue weighted by Crippen LogP contribution is 2.20. The number of nitrogens with zero attached hydrogens (tertiary/aromatic N) is 1. The zero-order chi connectivity index (χ0) is 17.6. The molecule has 5 nitrogen and oxygen atoms in total. The van der Waals surface area contributed by atoms with Gasteiger partial charge in [0.1, 0.15) is 0 Å². The van der Waals surface area contributed by atoms with Gasteiger partial charge >= 0.3 is 0 Å². The molecule has 2 fully saturated rings. The Kier molecular flexibility index (Phi) is 6.54. The zero-order valence-corrected chi connectivity index (χ0v) is 16.0. The topological polar surface area (TPSA) is 61.0 Å². The van der Waals surface area contributed by atoms with Crippen molar-refractivity contribution in [3.63, 3.8) is 0 Å². The second-order valence-corrected chi connectivity index (χ2v) is 8.29. The lowest BCUT2D eigenvalue weighted by molar-refractivity contribution is 0.266. The molecule has 1 aromatic rings. The SMILES string of the molecule is c1cc2nc(c1)CN[C@@H]1CCCC[C@@H]1NCCNC1CCCC[C@H]1NC2. The molecule has 2 heterocycles. The second kappa shape index (κ2) is 9.27. The van der Waals surface area contributed by atoms with E-state index in [1.165, 1.54) is 62.8 Å². The van der Waals surface area contributed by atoms with Crippen LogP contribution >= 0.6 is 0 Å². The third-order valence-corrected chi connectivity index (χ3v) is 6.43. The van der Waals surface area contributed by atoms with Crippen LogP contribution in [0.5, 0.6) is 0 Å². The summed E-state index contributed by atoms with van der Waals surface area (Å²) >= 11 is 0. The van der Waals surface area contributed by atoms with Crippen molar-refractivity contribution in [1.82, 2.24) is 26.3 Å². The number of aromatic nitrogens is 1. The molecule has 144 valence electrons. The van der Waals surface area contributed by atoms with Crippen molar-refractivity contribution in [2.24, 2.45) is 0 Å². The standard InChI is InChI=1S/C21H35N5/c1-3-10-20-18(8-1)22-12-13-23-19-9-2-4-11-21(19)25-15-17-7-5-6-16(26-17)14-24-20/h5-7,18-25H,1-4,8-15H2/t18-,19?,20+,21+/m0/s1. The molecule has 0 spiro atoms. The quantitative estimate of drug-likeness (QED) is 0.573. The highest BCUT2D eigenvalue weighted by Gasteiger charge is 2.26. The van der Waals surface area contributed by atoms with E-state index in [-0.39, 0.29) is 0 Å². The Hall–Kier alpha value is -1.01. The zero-order valence-electron chi connectivity index (χ0n) is 16.0. The molecular formula is C21H35N5. The Balaban J connectivity index is 1.47. The fourth-order valence-electron chi connectivity index (χ4n) is 4.95. The third-order valence-electron chi connectivity index (χ3n) is 6.43. The first kappa shape index (κ1) is 18.4. The van der Waals surface area contributed by atoms with Crippen LogP contribution in [0, 0.1) is 0 Å². The van der Waals surface area contributed by atoms with E-state index in [1.54, 1.807) is 0 Å². The Morgan fingerprint density at radius 2 is 1.04 bits per heavy atom. The summed E-state index contributed by atoms with van der Waals surface area (Å²) in [5, 5.41) is 15.2. The number of pyridine rings is 1. The van der Waals surface area contributed by atoms with Crippen LogP contribution in [0.25, 0.3) is 0 Å². The summed E-state index contributed by atoms with van der Waals surface area (Å²) in [7, 11) is 0. The largest absolute Gasteiger partial charge is 0.311 e. The van der Waals surface area contributed by atoms with E-state index >= 15 is 0 Å². The van der Waals surface area contributed by atoms with E-state index in [1.807, 2.05) is 0 Å². The Labute approximate surface area is 158 Å². The van der Waals surface area contributed by atoms with Crippen LogP contribution in [0.15, 0.2) is 18.2 Å². The van der Waals surface area contributed by atoms with Gasteiger partial charge in [-0.2, -0.15) is 0 Å². The van der Waals surface area contributed by atoms with E-state index < -0.39 is 0 Å². The Morgan fingerprint density at radius 3 is 1.50 bits per heavy atom. The van der Waals surface area contributed by atoms with Crippen LogP contribution in [0.2, 0.25) is 0 Å². The molecule has 0 amide bonds. The monoisotopic (exact) mass is 357 g/mol. The summed E-state index contributed by atoms with van der Waals surface area (Å²) in [6.07, 6.45) is 10.5. The second-order valence-electron chi connectivity index (χ2n) is 8.29. The first-order valence-corrected chi connectivity index (χ1v) is 10.8. The summed E-state index contributed by atoms with van der Waals surface area (Å²) in [6.45, 7) is 3.89. The number of rotatable bonds is 0. The lowest BCUT2D eigenvalue weighted by Gasteiger charge is -2.34. The predicted octanol–water partition coefficient (Wildman–Crippen LogP) is 2.08. The smallest absolute Gasteiger partial charge is 0.0545 e. The van der Waals surface area contributed by atoms with E-state index in [9.17, 15) is 0 Å². The average Bonchev–Trinajstić information content (AvgIpc) is 2.69. The average molecular weight is 358 g/mol. The highest BCUT2D eigenvalue weighted by molar-refractivity contribution is 5.12. The molecule has 4 atom stereocenters. The van der Waals surface area contributed by atoms with Crippen LogP contribution in [0.4, 0.5) is 0 Å². The van der Waals surface area contributed by atoms with Crippen molar-refractivity contribution in [2.45, 2.75) is 88.6 Å². The van der Waals surface area contributed by atoms with E-state index in [0.29, 0.717) is 24.2 Å². The summed E-state index contributed by atoms with van der Waals surface area (Å²) in [6, 6.07) is 8.81. The van der Waals surface area contributed by atoms with Crippen LogP contribution < -0.4 is 21.3 Å². The van der Waals surface area contributed by atoms with Gasteiger partial charge in [0, 0.05) is 50.3 Å². The van der Waals surface area contributed by atoms with Crippen molar-refractivity contribution in [1.29, 1.82) is 0 Å². The van der Waals surface area contributed by atoms with Crippen LogP contribution in [-0.4, -0.2) is 42.2 Å². The fourth-order valence-corrected chi connectivity index (χ4v) is 4.95. The minimum Gasteiger partial charge on any atom is -0.311 e. The first-order valence-electron chi connectivity index (χ1n) is 10.8. The molecule has 2 bridgehead atoms. The molecule has 5 heteroatoms. The summed E-state index contributed by atoms with van der Waals surface area (Å²) in [5.74, 6) is 0. The van der Waals surface area contributed by atoms with E-state index in [0.717, 1.165) is 26.2 Å². The number of fused-ring (bicyclic) bond motifs is 4. The van der Waals surface area contributed by atoms with Gasteiger partial charge in [0.15, 0.2) is 0 Å². The lowest BCUT2D eigenvalue weighted by Crippen LogP contribution is -2.53. The summed E-state index contributed by atoms with van der Waals surface area (Å²) < 4.78 is 0. The highest BCUT2D eigenvalue weighted by atomic mass is 15.1. The molecule has 0 radical (unpaired) electrons. The molecule has 4 rings (SSSR count). The molecule has 0 saturated heterocycles. The summed E-state index contributed by atoms with van der Waals surface area (Å²) in [5.41, 5.74) is 2.34. The lowest BCUT2D eigenvalue weighted by atomic mass is 9.89. The van der Waals surface area contributed by atoms with Crippen molar-refractivity contribution >= 4 is 0 Å². The molecule has 4 N–H and O–H groups in total. The first-order chi connectivity index (χ1) is 12.9. The minimum absolute atomic E-state index is 0.569. The molecule has 2 saturated carbocycles. The molecular weight excluding hydrogens is 322 g/mol. The summed E-state index contributed by atoms with van der Waals surface area (Å²) in [4.78, 5) is 4.89. The van der Waals surface area contributed by atoms with Gasteiger partial charge in [0.2, 0.25) is 0 Å². The van der Waals surface area contributed by atoms with Crippen molar-refractivity contribution in [3.8, 4) is 0 Å². The maximum atomic E-state index is 4.89. The Morgan fingerprint density at radius 1 is 0.615 bits per heavy atom. The normalized spacial score (nSPS) is 34.0. The van der Waals surface area contributed by atoms with Crippen LogP contribution in [0.3, 0.4) is 0 Å². The molecule has 1 aliphatic heterocycles. The van der Waals surface area contributed by atoms with Gasteiger partial charge in [0.25, 0.3) is 0 Å². The minimum atomic E-state index is 0.569. The molecule has 1 aromatic heterocycles. The van der Waals surface area contributed by atoms with Crippen molar-refractivity contribution in [3.05, 3.63) is 29.6 Å². The Bertz CT molecular complexity index is 518. The van der Waals surface area contributed by atoms with Gasteiger partial charge in [-0.25, -0.2) is 0 Å². The molecule has 26 heavy (non-hydrogen) atoms. The number of hydrogen-bond donors (Lipinski definition) is 4. The van der Waals surface area contributed by atoms with Crippen molar-refractivity contribution < 1.29 is 0 Å². The van der Waals surface area contributed by atoms with Crippen LogP contribution in [-0.2, 0) is 13.1 Å². The van der Waals surface area contributed by atoms with Gasteiger partial charge in [-0.3, -0.25) is 4.98 Å². The number of hydrogen-bond acceptors (Lipinski definition) is 5. The molecule has 1 unspecified atom stereocenters. The molecule has 3 aliphatic rings. The molecule has 0 aromatic carbocycles. The maximum absolute atomic E-state index is 4.89. The number of nitrogens with one attached hydrogen (secondary N) is 4. The maximum Gasteiger partial charge on any atom is 0.0545 e. The predicted molar refractivity (Wildman–Crippen MR) is 106 cm³/mol. The molecule has 2 aliphatic carbocycles. The van der Waals surface area contributed by atoms with Gasteiger partial charge in [0.05, 0.1) is 11.4 Å². The van der Waals surface area contributed by atoms with E-state index in [2.05, 4.69) is 39.5 Å². The third kappa shape index (κ3) is 4.83. The van der Waals surface area contributed by atoms with Gasteiger partial charge in [-0.1, -0.05) is 31.7 Å². The van der Waals surface area contributed by atoms with Gasteiger partial charge in [-0.05, 0) is 37.8 Å². The fraction of sp³-hybridized carbons (Fsp3) is 0.762. The van der Waals surface area contributed by atoms with Gasteiger partial charge < -0.3 is 21.3 Å². The van der Waals surface area contributed by atoms with E-state index in [4.69, 9.17) is 4.98 Å².